The van der Waals surface area contributed by atoms with E-state index >= 15 is 0 Å². The molecule has 1 fully saturated rings. The topological polar surface area (TPSA) is 78.8 Å². The number of halogens is 1. The number of anilines is 1. The Hall–Kier alpha value is -1.64. The maximum atomic E-state index is 11.6. The van der Waals surface area contributed by atoms with Gasteiger partial charge < -0.3 is 19.6 Å². The first-order chi connectivity index (χ1) is 12.2. The highest BCUT2D eigenvalue weighted by molar-refractivity contribution is 7.19. The average molecular weight is 399 g/mol. The summed E-state index contributed by atoms with van der Waals surface area (Å²) in [7, 11) is 1.60. The van der Waals surface area contributed by atoms with E-state index in [-0.39, 0.29) is 16.7 Å². The lowest BCUT2D eigenvalue weighted by atomic mass is 9.85. The second-order valence-corrected chi connectivity index (χ2v) is 8.86. The van der Waals surface area contributed by atoms with Gasteiger partial charge in [-0.15, -0.1) is 11.3 Å². The zero-order valence-corrected chi connectivity index (χ0v) is 16.9. The maximum Gasteiger partial charge on any atom is 0.407 e. The molecule has 26 heavy (non-hydrogen) atoms. The van der Waals surface area contributed by atoms with Crippen molar-refractivity contribution in [2.24, 2.45) is 5.41 Å². The number of hydrogen-bond donors (Lipinski definition) is 1. The summed E-state index contributed by atoms with van der Waals surface area (Å²) < 4.78 is 6.35. The van der Waals surface area contributed by atoms with Crippen LogP contribution in [0.1, 0.15) is 31.7 Å². The molecule has 1 aliphatic heterocycles. The summed E-state index contributed by atoms with van der Waals surface area (Å²) in [5, 5.41) is 9.71. The maximum absolute atomic E-state index is 11.6. The summed E-state index contributed by atoms with van der Waals surface area (Å²) in [5.74, 6) is 0.796. The summed E-state index contributed by atoms with van der Waals surface area (Å²) in [6.45, 7) is 8.87. The molecule has 1 atom stereocenters. The molecule has 1 amide bonds. The van der Waals surface area contributed by atoms with E-state index in [4.69, 9.17) is 16.3 Å². The van der Waals surface area contributed by atoms with Crippen molar-refractivity contribution in [2.45, 2.75) is 26.8 Å². The number of morpholine rings is 1. The summed E-state index contributed by atoms with van der Waals surface area (Å²) in [6.07, 6.45) is -0.958. The SMILES string of the molecule is CN(C(=O)O)C(c1cc2nc(Cl)nc(N3CCOCC3)c2s1)C(C)(C)C. The Labute approximate surface area is 161 Å². The van der Waals surface area contributed by atoms with Crippen molar-refractivity contribution in [3.05, 3.63) is 16.2 Å². The number of fused-ring (bicyclic) bond motifs is 1. The second kappa shape index (κ2) is 7.17. The van der Waals surface area contributed by atoms with Gasteiger partial charge in [0, 0.05) is 25.0 Å². The van der Waals surface area contributed by atoms with Crippen LogP contribution in [-0.2, 0) is 4.74 Å². The Kier molecular flexibility index (Phi) is 5.28. The van der Waals surface area contributed by atoms with Gasteiger partial charge in [-0.05, 0) is 23.1 Å². The van der Waals surface area contributed by atoms with E-state index in [0.717, 1.165) is 34.0 Å². The molecule has 0 bridgehead atoms. The molecule has 1 unspecified atom stereocenters. The Balaban J connectivity index is 2.11. The van der Waals surface area contributed by atoms with Crippen LogP contribution < -0.4 is 4.90 Å². The standard InChI is InChI=1S/C17H23ClN4O3S/c1-17(2,3)13(21(4)16(23)24)11-9-10-12(26-11)14(20-15(18)19-10)22-5-7-25-8-6-22/h9,13H,5-8H2,1-4H3,(H,23,24). The van der Waals surface area contributed by atoms with Crippen LogP contribution >= 0.6 is 22.9 Å². The van der Waals surface area contributed by atoms with Gasteiger partial charge in [-0.25, -0.2) is 9.78 Å². The van der Waals surface area contributed by atoms with E-state index < -0.39 is 6.09 Å². The smallest absolute Gasteiger partial charge is 0.407 e. The lowest BCUT2D eigenvalue weighted by Crippen LogP contribution is -2.37. The van der Waals surface area contributed by atoms with Crippen LogP contribution in [0.25, 0.3) is 10.2 Å². The minimum atomic E-state index is -0.958. The lowest BCUT2D eigenvalue weighted by Gasteiger charge is -2.35. The molecule has 1 saturated heterocycles. The van der Waals surface area contributed by atoms with E-state index in [2.05, 4.69) is 14.9 Å². The fraction of sp³-hybridized carbons (Fsp3) is 0.588. The van der Waals surface area contributed by atoms with E-state index in [1.165, 1.54) is 16.2 Å². The summed E-state index contributed by atoms with van der Waals surface area (Å²) in [5.41, 5.74) is 0.476. The molecule has 0 saturated carbocycles. The largest absolute Gasteiger partial charge is 0.465 e. The van der Waals surface area contributed by atoms with Crippen molar-refractivity contribution in [1.29, 1.82) is 0 Å². The molecular weight excluding hydrogens is 376 g/mol. The molecule has 3 heterocycles. The van der Waals surface area contributed by atoms with E-state index in [1.54, 1.807) is 7.05 Å². The number of rotatable bonds is 3. The molecule has 0 aromatic carbocycles. The Morgan fingerprint density at radius 2 is 2.04 bits per heavy atom. The van der Waals surface area contributed by atoms with Gasteiger partial charge in [0.1, 0.15) is 0 Å². The molecule has 142 valence electrons. The Morgan fingerprint density at radius 3 is 2.62 bits per heavy atom. The third-order valence-electron chi connectivity index (χ3n) is 4.43. The van der Waals surface area contributed by atoms with Gasteiger partial charge >= 0.3 is 6.09 Å². The molecule has 0 aliphatic carbocycles. The molecule has 2 aromatic heterocycles. The summed E-state index contributed by atoms with van der Waals surface area (Å²) >= 11 is 7.69. The molecular formula is C17H23ClN4O3S. The first-order valence-electron chi connectivity index (χ1n) is 8.44. The van der Waals surface area contributed by atoms with Gasteiger partial charge in [-0.1, -0.05) is 20.8 Å². The Morgan fingerprint density at radius 1 is 1.38 bits per heavy atom. The molecule has 1 aliphatic rings. The zero-order chi connectivity index (χ0) is 19.1. The van der Waals surface area contributed by atoms with Crippen molar-refractivity contribution in [1.82, 2.24) is 14.9 Å². The fourth-order valence-electron chi connectivity index (χ4n) is 3.34. The second-order valence-electron chi connectivity index (χ2n) is 7.44. The first-order valence-corrected chi connectivity index (χ1v) is 9.63. The van der Waals surface area contributed by atoms with Crippen LogP contribution in [0.4, 0.5) is 10.6 Å². The zero-order valence-electron chi connectivity index (χ0n) is 15.3. The normalized spacial score (nSPS) is 16.7. The average Bonchev–Trinajstić information content (AvgIpc) is 2.96. The molecule has 3 rings (SSSR count). The van der Waals surface area contributed by atoms with Gasteiger partial charge in [-0.3, -0.25) is 0 Å². The molecule has 0 radical (unpaired) electrons. The van der Waals surface area contributed by atoms with Gasteiger partial charge in [-0.2, -0.15) is 4.98 Å². The van der Waals surface area contributed by atoms with Crippen LogP contribution in [-0.4, -0.2) is 59.4 Å². The van der Waals surface area contributed by atoms with E-state index in [9.17, 15) is 9.90 Å². The van der Waals surface area contributed by atoms with Crippen LogP contribution in [0.15, 0.2) is 6.07 Å². The predicted octanol–water partition coefficient (Wildman–Crippen LogP) is 3.88. The molecule has 7 nitrogen and oxygen atoms in total. The van der Waals surface area contributed by atoms with Crippen LogP contribution in [0, 0.1) is 5.41 Å². The number of ether oxygens (including phenoxy) is 1. The van der Waals surface area contributed by atoms with Crippen LogP contribution in [0.2, 0.25) is 5.28 Å². The third-order valence-corrected chi connectivity index (χ3v) is 5.78. The molecule has 0 spiro atoms. The van der Waals surface area contributed by atoms with E-state index in [0.29, 0.717) is 13.2 Å². The summed E-state index contributed by atoms with van der Waals surface area (Å²) in [4.78, 5) is 24.8. The number of nitrogens with zero attached hydrogens (tertiary/aromatic N) is 4. The van der Waals surface area contributed by atoms with Crippen LogP contribution in [0.5, 0.6) is 0 Å². The van der Waals surface area contributed by atoms with Gasteiger partial charge in [0.2, 0.25) is 5.28 Å². The number of carboxylic acid groups (broad SMARTS) is 1. The predicted molar refractivity (Wildman–Crippen MR) is 103 cm³/mol. The minimum Gasteiger partial charge on any atom is -0.465 e. The van der Waals surface area contributed by atoms with Gasteiger partial charge in [0.15, 0.2) is 5.82 Å². The fourth-order valence-corrected chi connectivity index (χ4v) is 5.01. The van der Waals surface area contributed by atoms with Crippen molar-refractivity contribution < 1.29 is 14.6 Å². The summed E-state index contributed by atoms with van der Waals surface area (Å²) in [6, 6.07) is 1.64. The number of aromatic nitrogens is 2. The first kappa shape index (κ1) is 19.1. The highest BCUT2D eigenvalue weighted by atomic mass is 35.5. The van der Waals surface area contributed by atoms with E-state index in [1.807, 2.05) is 26.8 Å². The van der Waals surface area contributed by atoms with Crippen LogP contribution in [0.3, 0.4) is 0 Å². The van der Waals surface area contributed by atoms with Crippen molar-refractivity contribution >= 4 is 45.1 Å². The minimum absolute atomic E-state index is 0.197. The molecule has 2 aromatic rings. The van der Waals surface area contributed by atoms with Crippen molar-refractivity contribution in [3.63, 3.8) is 0 Å². The number of thiophene rings is 1. The number of hydrogen-bond acceptors (Lipinski definition) is 6. The molecule has 9 heteroatoms. The Bertz CT molecular complexity index is 814. The quantitative estimate of drug-likeness (QED) is 0.790. The number of carbonyl (C=O) groups is 1. The lowest BCUT2D eigenvalue weighted by molar-refractivity contribution is 0.100. The van der Waals surface area contributed by atoms with Gasteiger partial charge in [0.25, 0.3) is 0 Å². The number of amides is 1. The van der Waals surface area contributed by atoms with Crippen molar-refractivity contribution in [3.8, 4) is 0 Å². The van der Waals surface area contributed by atoms with Crippen molar-refractivity contribution in [2.75, 3.05) is 38.3 Å². The molecule has 1 N–H and O–H groups in total. The highest BCUT2D eigenvalue weighted by Crippen LogP contribution is 2.44. The monoisotopic (exact) mass is 398 g/mol. The highest BCUT2D eigenvalue weighted by Gasteiger charge is 2.34. The third kappa shape index (κ3) is 3.72. The van der Waals surface area contributed by atoms with Gasteiger partial charge in [0.05, 0.1) is 29.5 Å².